The van der Waals surface area contributed by atoms with Crippen LogP contribution in [0.3, 0.4) is 0 Å². The maximum Gasteiger partial charge on any atom is 0.258 e. The summed E-state index contributed by atoms with van der Waals surface area (Å²) in [5.74, 6) is -0.241. The highest BCUT2D eigenvalue weighted by atomic mass is 79.9. The number of pyridine rings is 2. The van der Waals surface area contributed by atoms with Crippen molar-refractivity contribution in [1.82, 2.24) is 9.97 Å². The summed E-state index contributed by atoms with van der Waals surface area (Å²) < 4.78 is 0.791. The van der Waals surface area contributed by atoms with Gasteiger partial charge in [0.15, 0.2) is 0 Å². The molecule has 6 nitrogen and oxygen atoms in total. The Balaban J connectivity index is 2.02. The summed E-state index contributed by atoms with van der Waals surface area (Å²) in [4.78, 5) is 32.3. The van der Waals surface area contributed by atoms with Gasteiger partial charge in [0.25, 0.3) is 5.56 Å². The van der Waals surface area contributed by atoms with E-state index in [1.54, 1.807) is 30.5 Å². The minimum absolute atomic E-state index is 0.195. The number of aromatic nitrogens is 2. The van der Waals surface area contributed by atoms with Crippen LogP contribution < -0.4 is 11.1 Å². The molecule has 0 saturated heterocycles. The van der Waals surface area contributed by atoms with E-state index in [4.69, 9.17) is 0 Å². The van der Waals surface area contributed by atoms with Crippen molar-refractivity contribution in [3.8, 4) is 5.88 Å². The number of nitrogens with zero attached hydrogens (tertiary/aromatic N) is 1. The first-order valence-electron chi connectivity index (χ1n) is 6.76. The van der Waals surface area contributed by atoms with Gasteiger partial charge < -0.3 is 10.1 Å². The fraction of sp³-hybridized carbons (Fsp3) is 0.0625. The first-order chi connectivity index (χ1) is 11.0. The van der Waals surface area contributed by atoms with E-state index in [1.807, 2.05) is 0 Å². The molecule has 0 amide bonds. The number of fused-ring (bicyclic) bond motifs is 1. The molecule has 0 spiro atoms. The minimum Gasteiger partial charge on any atom is -0.494 e. The molecule has 0 bridgehead atoms. The molecule has 116 valence electrons. The van der Waals surface area contributed by atoms with E-state index < -0.39 is 0 Å². The summed E-state index contributed by atoms with van der Waals surface area (Å²) in [6.07, 6.45) is 3.04. The number of aromatic amines is 2. The number of aliphatic imine (C=N–C) groups is 1. The van der Waals surface area contributed by atoms with Crippen molar-refractivity contribution < 1.29 is 5.11 Å². The number of hydrogen-bond acceptors (Lipinski definition) is 4. The van der Waals surface area contributed by atoms with Crippen LogP contribution in [0.2, 0.25) is 0 Å². The van der Waals surface area contributed by atoms with Gasteiger partial charge in [-0.3, -0.25) is 19.6 Å². The predicted molar refractivity (Wildman–Crippen MR) is 92.3 cm³/mol. The highest BCUT2D eigenvalue weighted by Gasteiger charge is 2.09. The monoisotopic (exact) mass is 373 g/mol. The predicted octanol–water partition coefficient (Wildman–Crippen LogP) is 2.30. The van der Waals surface area contributed by atoms with Crippen molar-refractivity contribution >= 4 is 32.9 Å². The Morgan fingerprint density at radius 3 is 2.78 bits per heavy atom. The Morgan fingerprint density at radius 1 is 1.17 bits per heavy atom. The van der Waals surface area contributed by atoms with Gasteiger partial charge in [0.05, 0.1) is 12.1 Å². The SMILES string of the molecule is O=c1cc(CN=Cc2c(O)[nH]c(=O)c3ccc(Br)cc23)cc[nH]1. The van der Waals surface area contributed by atoms with Gasteiger partial charge >= 0.3 is 0 Å². The number of hydrogen-bond donors (Lipinski definition) is 3. The van der Waals surface area contributed by atoms with Crippen molar-refractivity contribution in [1.29, 1.82) is 0 Å². The van der Waals surface area contributed by atoms with Gasteiger partial charge in [-0.25, -0.2) is 0 Å². The van der Waals surface area contributed by atoms with Gasteiger partial charge in [-0.1, -0.05) is 15.9 Å². The molecular weight excluding hydrogens is 362 g/mol. The zero-order valence-electron chi connectivity index (χ0n) is 11.8. The third-order valence-corrected chi connectivity index (χ3v) is 3.83. The van der Waals surface area contributed by atoms with Gasteiger partial charge in [-0.15, -0.1) is 0 Å². The second kappa shape index (κ2) is 6.21. The van der Waals surface area contributed by atoms with Crippen LogP contribution in [0, 0.1) is 0 Å². The Bertz CT molecular complexity index is 1020. The van der Waals surface area contributed by atoms with Crippen LogP contribution >= 0.6 is 15.9 Å². The molecule has 0 saturated carbocycles. The lowest BCUT2D eigenvalue weighted by Crippen LogP contribution is -2.08. The zero-order chi connectivity index (χ0) is 16.4. The Hall–Kier alpha value is -2.67. The molecule has 3 N–H and O–H groups in total. The molecule has 0 atom stereocenters. The van der Waals surface area contributed by atoms with Crippen LogP contribution in [0.15, 0.2) is 55.6 Å². The van der Waals surface area contributed by atoms with Gasteiger partial charge in [0.1, 0.15) is 0 Å². The smallest absolute Gasteiger partial charge is 0.258 e. The zero-order valence-corrected chi connectivity index (χ0v) is 13.4. The molecule has 0 unspecified atom stereocenters. The number of rotatable bonds is 3. The van der Waals surface area contributed by atoms with Crippen LogP contribution in [0.25, 0.3) is 10.8 Å². The van der Waals surface area contributed by atoms with Crippen molar-refractivity contribution in [2.24, 2.45) is 4.99 Å². The fourth-order valence-electron chi connectivity index (χ4n) is 2.27. The highest BCUT2D eigenvalue weighted by Crippen LogP contribution is 2.24. The second-order valence-corrected chi connectivity index (χ2v) is 5.85. The van der Waals surface area contributed by atoms with E-state index in [9.17, 15) is 14.7 Å². The summed E-state index contributed by atoms with van der Waals surface area (Å²) in [5.41, 5.74) is 0.612. The molecule has 2 heterocycles. The van der Waals surface area contributed by atoms with Gasteiger partial charge in [-0.2, -0.15) is 0 Å². The first kappa shape index (κ1) is 15.2. The molecular formula is C16H12BrN3O3. The quantitative estimate of drug-likeness (QED) is 0.614. The lowest BCUT2D eigenvalue weighted by atomic mass is 10.1. The third kappa shape index (κ3) is 3.24. The summed E-state index contributed by atoms with van der Waals surface area (Å²) >= 11 is 3.35. The summed E-state index contributed by atoms with van der Waals surface area (Å²) in [5, 5.41) is 11.1. The molecule has 0 aliphatic heterocycles. The molecule has 23 heavy (non-hydrogen) atoms. The van der Waals surface area contributed by atoms with Gasteiger partial charge in [0, 0.05) is 33.7 Å². The minimum atomic E-state index is -0.364. The van der Waals surface area contributed by atoms with Crippen LogP contribution in [0.1, 0.15) is 11.1 Å². The molecule has 0 radical (unpaired) electrons. The summed E-state index contributed by atoms with van der Waals surface area (Å²) in [6, 6.07) is 8.38. The normalized spacial score (nSPS) is 11.3. The summed E-state index contributed by atoms with van der Waals surface area (Å²) in [7, 11) is 0. The molecule has 0 fully saturated rings. The topological polar surface area (TPSA) is 98.3 Å². The van der Waals surface area contributed by atoms with Crippen LogP contribution in [0.4, 0.5) is 0 Å². The average molecular weight is 374 g/mol. The van der Waals surface area contributed by atoms with Gasteiger partial charge in [0.2, 0.25) is 11.4 Å². The Labute approximate surface area is 138 Å². The maximum atomic E-state index is 11.9. The van der Waals surface area contributed by atoms with Crippen LogP contribution in [-0.2, 0) is 6.54 Å². The highest BCUT2D eigenvalue weighted by molar-refractivity contribution is 9.10. The number of H-pyrrole nitrogens is 2. The van der Waals surface area contributed by atoms with E-state index in [1.165, 1.54) is 12.3 Å². The molecule has 3 aromatic rings. The Morgan fingerprint density at radius 2 is 2.00 bits per heavy atom. The lowest BCUT2D eigenvalue weighted by Gasteiger charge is -2.05. The van der Waals surface area contributed by atoms with E-state index in [0.717, 1.165) is 10.0 Å². The third-order valence-electron chi connectivity index (χ3n) is 3.34. The summed E-state index contributed by atoms with van der Waals surface area (Å²) in [6.45, 7) is 0.290. The molecule has 2 aromatic heterocycles. The van der Waals surface area contributed by atoms with E-state index in [0.29, 0.717) is 16.3 Å². The maximum absolute atomic E-state index is 11.9. The number of nitrogens with one attached hydrogen (secondary N) is 2. The van der Waals surface area contributed by atoms with Crippen molar-refractivity contribution in [3.63, 3.8) is 0 Å². The second-order valence-electron chi connectivity index (χ2n) is 4.94. The van der Waals surface area contributed by atoms with E-state index in [2.05, 4.69) is 30.9 Å². The lowest BCUT2D eigenvalue weighted by molar-refractivity contribution is 0.452. The standard InChI is InChI=1S/C16H12BrN3O3/c17-10-1-2-11-12(6-10)13(16(23)20-15(11)22)8-18-7-9-3-4-19-14(21)5-9/h1-6,8H,7H2,(H,19,21)(H2,20,22,23). The number of halogens is 1. The fourth-order valence-corrected chi connectivity index (χ4v) is 2.63. The van der Waals surface area contributed by atoms with Gasteiger partial charge in [-0.05, 0) is 29.8 Å². The molecule has 0 aliphatic carbocycles. The number of aromatic hydroxyl groups is 1. The molecule has 1 aromatic carbocycles. The molecule has 0 aliphatic rings. The van der Waals surface area contributed by atoms with E-state index >= 15 is 0 Å². The largest absolute Gasteiger partial charge is 0.494 e. The molecule has 3 rings (SSSR count). The number of benzene rings is 1. The van der Waals surface area contributed by atoms with Crippen LogP contribution in [-0.4, -0.2) is 21.3 Å². The molecule has 7 heteroatoms. The van der Waals surface area contributed by atoms with Crippen molar-refractivity contribution in [3.05, 3.63) is 72.8 Å². The van der Waals surface area contributed by atoms with E-state index in [-0.39, 0.29) is 23.5 Å². The first-order valence-corrected chi connectivity index (χ1v) is 7.56. The van der Waals surface area contributed by atoms with Crippen LogP contribution in [0.5, 0.6) is 5.88 Å². The van der Waals surface area contributed by atoms with Crippen molar-refractivity contribution in [2.45, 2.75) is 6.54 Å². The van der Waals surface area contributed by atoms with Crippen molar-refractivity contribution in [2.75, 3.05) is 0 Å². The Kier molecular flexibility index (Phi) is 4.12. The average Bonchev–Trinajstić information content (AvgIpc) is 2.50.